The molecule has 106 valence electrons. The summed E-state index contributed by atoms with van der Waals surface area (Å²) in [6, 6.07) is 0.249. The smallest absolute Gasteiger partial charge is 0.224 e. The van der Waals surface area contributed by atoms with Crippen LogP contribution in [0.4, 0.5) is 16.2 Å². The zero-order valence-electron chi connectivity index (χ0n) is 11.7. The van der Waals surface area contributed by atoms with E-state index in [1.54, 1.807) is 0 Å². The van der Waals surface area contributed by atoms with Crippen LogP contribution in [0.2, 0.25) is 0 Å². The minimum absolute atomic E-state index is 0.249. The molecule has 1 fully saturated rings. The number of aromatic nitrogens is 2. The van der Waals surface area contributed by atoms with E-state index in [1.807, 2.05) is 6.92 Å². The third-order valence-corrected chi connectivity index (χ3v) is 3.80. The molecule has 1 aliphatic rings. The Labute approximate surface area is 114 Å². The van der Waals surface area contributed by atoms with Gasteiger partial charge in [0.15, 0.2) is 11.6 Å². The van der Waals surface area contributed by atoms with Crippen LogP contribution in [0.3, 0.4) is 0 Å². The monoisotopic (exact) mass is 266 g/mol. The van der Waals surface area contributed by atoms with Crippen molar-refractivity contribution in [2.75, 3.05) is 17.2 Å². The van der Waals surface area contributed by atoms with Gasteiger partial charge in [0.2, 0.25) is 5.95 Å². The number of anilines is 2. The average molecular weight is 266 g/mol. The van der Waals surface area contributed by atoms with Gasteiger partial charge in [0.1, 0.15) is 0 Å². The van der Waals surface area contributed by atoms with Crippen LogP contribution in [0.25, 0.3) is 0 Å². The Morgan fingerprint density at radius 1 is 1.37 bits per heavy atom. The minimum Gasteiger partial charge on any atom is -0.365 e. The first kappa shape index (κ1) is 14.0. The standard InChI is InChI=1S/C14H23FN4/c1-3-16-14-17-9-12(15)13(19-14)18-10(2)11-7-5-4-6-8-11/h9-11H,3-8H2,1-2H3,(H2,16,17,18,19). The Bertz CT molecular complexity index is 404. The number of rotatable bonds is 5. The van der Waals surface area contributed by atoms with Crippen LogP contribution < -0.4 is 10.6 Å². The number of hydrogen-bond donors (Lipinski definition) is 2. The van der Waals surface area contributed by atoms with Gasteiger partial charge in [0, 0.05) is 12.6 Å². The van der Waals surface area contributed by atoms with Crippen molar-refractivity contribution in [3.8, 4) is 0 Å². The summed E-state index contributed by atoms with van der Waals surface area (Å²) in [4.78, 5) is 8.10. The lowest BCUT2D eigenvalue weighted by molar-refractivity contribution is 0.327. The van der Waals surface area contributed by atoms with Crippen LogP contribution in [0.1, 0.15) is 46.0 Å². The molecule has 0 aliphatic heterocycles. The molecule has 1 atom stereocenters. The van der Waals surface area contributed by atoms with Crippen LogP contribution in [0.5, 0.6) is 0 Å². The molecule has 0 bridgehead atoms. The van der Waals surface area contributed by atoms with Crippen LogP contribution in [-0.4, -0.2) is 22.6 Å². The Morgan fingerprint density at radius 2 is 2.11 bits per heavy atom. The van der Waals surface area contributed by atoms with Crippen LogP contribution in [-0.2, 0) is 0 Å². The van der Waals surface area contributed by atoms with E-state index in [4.69, 9.17) is 0 Å². The fourth-order valence-electron chi connectivity index (χ4n) is 2.68. The molecule has 1 aromatic rings. The highest BCUT2D eigenvalue weighted by atomic mass is 19.1. The minimum atomic E-state index is -0.385. The Morgan fingerprint density at radius 3 is 2.79 bits per heavy atom. The molecular formula is C14H23FN4. The summed E-state index contributed by atoms with van der Waals surface area (Å²) < 4.78 is 13.7. The van der Waals surface area contributed by atoms with Gasteiger partial charge in [-0.25, -0.2) is 9.37 Å². The highest BCUT2D eigenvalue weighted by Gasteiger charge is 2.21. The fourth-order valence-corrected chi connectivity index (χ4v) is 2.68. The highest BCUT2D eigenvalue weighted by Crippen LogP contribution is 2.28. The lowest BCUT2D eigenvalue weighted by Gasteiger charge is -2.28. The first-order valence-electron chi connectivity index (χ1n) is 7.23. The van der Waals surface area contributed by atoms with E-state index in [0.29, 0.717) is 17.7 Å². The SMILES string of the molecule is CCNc1ncc(F)c(NC(C)C2CCCCC2)n1. The van der Waals surface area contributed by atoms with Crippen LogP contribution in [0, 0.1) is 11.7 Å². The lowest BCUT2D eigenvalue weighted by atomic mass is 9.84. The maximum Gasteiger partial charge on any atom is 0.224 e. The summed E-state index contributed by atoms with van der Waals surface area (Å²) >= 11 is 0. The van der Waals surface area contributed by atoms with E-state index in [1.165, 1.54) is 38.3 Å². The third-order valence-electron chi connectivity index (χ3n) is 3.80. The molecular weight excluding hydrogens is 243 g/mol. The van der Waals surface area contributed by atoms with Crippen molar-refractivity contribution in [3.05, 3.63) is 12.0 Å². The summed E-state index contributed by atoms with van der Waals surface area (Å²) in [7, 11) is 0. The summed E-state index contributed by atoms with van der Waals surface area (Å²) in [5.41, 5.74) is 0. The molecule has 0 spiro atoms. The van der Waals surface area contributed by atoms with Gasteiger partial charge in [-0.3, -0.25) is 0 Å². The molecule has 0 aromatic carbocycles. The second-order valence-electron chi connectivity index (χ2n) is 5.25. The zero-order chi connectivity index (χ0) is 13.7. The predicted molar refractivity (Wildman–Crippen MR) is 75.8 cm³/mol. The molecule has 0 saturated heterocycles. The number of halogens is 1. The number of hydrogen-bond acceptors (Lipinski definition) is 4. The van der Waals surface area contributed by atoms with Crippen molar-refractivity contribution >= 4 is 11.8 Å². The van der Waals surface area contributed by atoms with Gasteiger partial charge in [-0.05, 0) is 32.6 Å². The third kappa shape index (κ3) is 3.78. The van der Waals surface area contributed by atoms with Gasteiger partial charge in [-0.1, -0.05) is 19.3 Å². The largest absolute Gasteiger partial charge is 0.365 e. The van der Waals surface area contributed by atoms with Gasteiger partial charge in [0.25, 0.3) is 0 Å². The van der Waals surface area contributed by atoms with E-state index in [2.05, 4.69) is 27.5 Å². The molecule has 2 N–H and O–H groups in total. The van der Waals surface area contributed by atoms with Crippen molar-refractivity contribution < 1.29 is 4.39 Å². The van der Waals surface area contributed by atoms with Gasteiger partial charge in [0.05, 0.1) is 6.20 Å². The molecule has 1 heterocycles. The van der Waals surface area contributed by atoms with Gasteiger partial charge >= 0.3 is 0 Å². The first-order chi connectivity index (χ1) is 9.20. The Hall–Kier alpha value is -1.39. The maximum absolute atomic E-state index is 13.7. The van der Waals surface area contributed by atoms with E-state index in [9.17, 15) is 4.39 Å². The van der Waals surface area contributed by atoms with Crippen LogP contribution in [0.15, 0.2) is 6.20 Å². The first-order valence-corrected chi connectivity index (χ1v) is 7.23. The maximum atomic E-state index is 13.7. The molecule has 5 heteroatoms. The quantitative estimate of drug-likeness (QED) is 0.857. The summed E-state index contributed by atoms with van der Waals surface area (Å²) in [6.45, 7) is 4.80. The Balaban J connectivity index is 2.02. The van der Waals surface area contributed by atoms with E-state index in [0.717, 1.165) is 6.54 Å². The van der Waals surface area contributed by atoms with E-state index in [-0.39, 0.29) is 11.9 Å². The van der Waals surface area contributed by atoms with E-state index < -0.39 is 0 Å². The van der Waals surface area contributed by atoms with Gasteiger partial charge in [-0.15, -0.1) is 0 Å². The molecule has 1 saturated carbocycles. The van der Waals surface area contributed by atoms with Crippen molar-refractivity contribution in [1.82, 2.24) is 9.97 Å². The molecule has 4 nitrogen and oxygen atoms in total. The molecule has 2 rings (SSSR count). The molecule has 1 aliphatic carbocycles. The van der Waals surface area contributed by atoms with Crippen molar-refractivity contribution in [2.45, 2.75) is 52.0 Å². The zero-order valence-corrected chi connectivity index (χ0v) is 11.7. The normalized spacial score (nSPS) is 18.1. The van der Waals surface area contributed by atoms with E-state index >= 15 is 0 Å². The lowest BCUT2D eigenvalue weighted by Crippen LogP contribution is -2.28. The number of nitrogens with zero attached hydrogens (tertiary/aromatic N) is 2. The summed E-state index contributed by atoms with van der Waals surface area (Å²) in [5.74, 6) is 1.02. The Kier molecular flexibility index (Phi) is 4.93. The molecule has 0 radical (unpaired) electrons. The van der Waals surface area contributed by atoms with Gasteiger partial charge < -0.3 is 10.6 Å². The molecule has 1 aromatic heterocycles. The topological polar surface area (TPSA) is 49.8 Å². The highest BCUT2D eigenvalue weighted by molar-refractivity contribution is 5.41. The molecule has 19 heavy (non-hydrogen) atoms. The van der Waals surface area contributed by atoms with Crippen LogP contribution >= 0.6 is 0 Å². The average Bonchev–Trinajstić information content (AvgIpc) is 2.44. The predicted octanol–water partition coefficient (Wildman–Crippen LogP) is 3.43. The van der Waals surface area contributed by atoms with Gasteiger partial charge in [-0.2, -0.15) is 4.98 Å². The van der Waals surface area contributed by atoms with Crippen molar-refractivity contribution in [3.63, 3.8) is 0 Å². The molecule has 0 amide bonds. The second-order valence-corrected chi connectivity index (χ2v) is 5.25. The molecule has 1 unspecified atom stereocenters. The number of nitrogens with one attached hydrogen (secondary N) is 2. The van der Waals surface area contributed by atoms with Crippen molar-refractivity contribution in [2.24, 2.45) is 5.92 Å². The second kappa shape index (κ2) is 6.68. The summed E-state index contributed by atoms with van der Waals surface area (Å²) in [5, 5.41) is 6.21. The van der Waals surface area contributed by atoms with Crippen molar-refractivity contribution in [1.29, 1.82) is 0 Å². The summed E-state index contributed by atoms with van der Waals surface area (Å²) in [6.07, 6.45) is 7.57. The fraction of sp³-hybridized carbons (Fsp3) is 0.714.